The molecule has 1 fully saturated rings. The van der Waals surface area contributed by atoms with Crippen molar-refractivity contribution in [2.45, 2.75) is 19.0 Å². The highest BCUT2D eigenvalue weighted by Crippen LogP contribution is 2.11. The lowest BCUT2D eigenvalue weighted by molar-refractivity contribution is 0.0931. The predicted molar refractivity (Wildman–Crippen MR) is 48.7 cm³/mol. The molecule has 0 spiro atoms. The summed E-state index contributed by atoms with van der Waals surface area (Å²) in [4.78, 5) is 4.74. The molecule has 0 aromatic carbocycles. The Morgan fingerprint density at radius 1 is 1.27 bits per heavy atom. The smallest absolute Gasteiger partial charge is 0.0400 e. The number of hydrogen-bond donors (Lipinski definition) is 0. The average molecular weight is 154 g/mol. The van der Waals surface area contributed by atoms with Gasteiger partial charge in [0.05, 0.1) is 0 Å². The minimum Gasteiger partial charge on any atom is -0.301 e. The highest BCUT2D eigenvalue weighted by Gasteiger charge is 2.24. The first-order chi connectivity index (χ1) is 5.15. The van der Waals surface area contributed by atoms with Gasteiger partial charge in [-0.3, -0.25) is 4.90 Å². The fraction of sp³-hybridized carbons (Fsp3) is 0.778. The second-order valence-corrected chi connectivity index (χ2v) is 3.53. The molecule has 1 aliphatic rings. The Hall–Kier alpha value is -0.340. The molecule has 2 nitrogen and oxygen atoms in total. The van der Waals surface area contributed by atoms with Crippen LogP contribution in [-0.4, -0.2) is 49.1 Å². The van der Waals surface area contributed by atoms with E-state index >= 15 is 0 Å². The van der Waals surface area contributed by atoms with Crippen molar-refractivity contribution in [2.24, 2.45) is 0 Å². The van der Waals surface area contributed by atoms with Crippen LogP contribution in [0.5, 0.6) is 0 Å². The molecule has 0 radical (unpaired) electrons. The zero-order valence-electron chi connectivity index (χ0n) is 7.75. The van der Waals surface area contributed by atoms with E-state index in [0.717, 1.165) is 13.1 Å². The zero-order chi connectivity index (χ0) is 8.43. The third-order valence-corrected chi connectivity index (χ3v) is 2.62. The summed E-state index contributed by atoms with van der Waals surface area (Å²) in [7, 11) is 4.34. The number of piperazine rings is 1. The van der Waals surface area contributed by atoms with Gasteiger partial charge in [0.25, 0.3) is 0 Å². The van der Waals surface area contributed by atoms with Crippen LogP contribution in [0.15, 0.2) is 12.7 Å². The van der Waals surface area contributed by atoms with Crippen molar-refractivity contribution in [3.63, 3.8) is 0 Å². The molecule has 1 rings (SSSR count). The summed E-state index contributed by atoms with van der Waals surface area (Å²) in [6.07, 6.45) is 2.03. The van der Waals surface area contributed by atoms with Gasteiger partial charge >= 0.3 is 0 Å². The molecule has 0 saturated carbocycles. The normalized spacial score (nSPS) is 35.5. The first-order valence-corrected chi connectivity index (χ1v) is 4.18. The Kier molecular flexibility index (Phi) is 2.68. The Bertz CT molecular complexity index is 144. The minimum absolute atomic E-state index is 0.538. The van der Waals surface area contributed by atoms with E-state index in [-0.39, 0.29) is 0 Å². The van der Waals surface area contributed by atoms with E-state index < -0.39 is 0 Å². The lowest BCUT2D eigenvalue weighted by Crippen LogP contribution is -2.53. The highest BCUT2D eigenvalue weighted by molar-refractivity contribution is 4.93. The summed E-state index contributed by atoms with van der Waals surface area (Å²) in [5, 5.41) is 0. The van der Waals surface area contributed by atoms with Crippen LogP contribution in [0.1, 0.15) is 6.92 Å². The van der Waals surface area contributed by atoms with E-state index in [1.54, 1.807) is 0 Å². The van der Waals surface area contributed by atoms with Crippen molar-refractivity contribution in [3.05, 3.63) is 12.7 Å². The quantitative estimate of drug-likeness (QED) is 0.516. The molecule has 0 amide bonds. The van der Waals surface area contributed by atoms with E-state index in [9.17, 15) is 0 Å². The van der Waals surface area contributed by atoms with Crippen LogP contribution in [0, 0.1) is 0 Å². The molecule has 1 saturated heterocycles. The Morgan fingerprint density at radius 2 is 1.91 bits per heavy atom. The van der Waals surface area contributed by atoms with Gasteiger partial charge in [-0.25, -0.2) is 0 Å². The SMILES string of the molecule is C=C[C@H]1CN(C)[C@@H](C)CN1C. The van der Waals surface area contributed by atoms with Crippen molar-refractivity contribution in [1.29, 1.82) is 0 Å². The number of rotatable bonds is 1. The van der Waals surface area contributed by atoms with Gasteiger partial charge in [0, 0.05) is 25.2 Å². The summed E-state index contributed by atoms with van der Waals surface area (Å²) in [6, 6.07) is 1.22. The van der Waals surface area contributed by atoms with Gasteiger partial charge in [0.15, 0.2) is 0 Å². The largest absolute Gasteiger partial charge is 0.301 e. The zero-order valence-corrected chi connectivity index (χ0v) is 7.75. The van der Waals surface area contributed by atoms with Gasteiger partial charge in [-0.2, -0.15) is 0 Å². The molecular formula is C9H18N2. The Labute approximate surface area is 69.5 Å². The van der Waals surface area contributed by atoms with Crippen molar-refractivity contribution >= 4 is 0 Å². The summed E-state index contributed by atoms with van der Waals surface area (Å²) in [6.45, 7) is 8.34. The molecule has 0 aliphatic carbocycles. The van der Waals surface area contributed by atoms with Gasteiger partial charge < -0.3 is 4.90 Å². The van der Waals surface area contributed by atoms with Crippen molar-refractivity contribution in [3.8, 4) is 0 Å². The summed E-state index contributed by atoms with van der Waals surface area (Å²) in [5.41, 5.74) is 0. The monoisotopic (exact) mass is 154 g/mol. The Balaban J connectivity index is 2.54. The molecule has 64 valence electrons. The maximum absolute atomic E-state index is 3.83. The minimum atomic E-state index is 0.538. The van der Waals surface area contributed by atoms with Crippen LogP contribution in [0.4, 0.5) is 0 Å². The van der Waals surface area contributed by atoms with Crippen LogP contribution in [0.2, 0.25) is 0 Å². The number of hydrogen-bond acceptors (Lipinski definition) is 2. The van der Waals surface area contributed by atoms with Crippen LogP contribution in [0.25, 0.3) is 0 Å². The summed E-state index contributed by atoms with van der Waals surface area (Å²) >= 11 is 0. The first kappa shape index (κ1) is 8.75. The molecule has 0 bridgehead atoms. The number of nitrogens with zero attached hydrogens (tertiary/aromatic N) is 2. The van der Waals surface area contributed by atoms with Gasteiger partial charge in [0.2, 0.25) is 0 Å². The molecule has 0 aromatic heterocycles. The van der Waals surface area contributed by atoms with Gasteiger partial charge in [0.1, 0.15) is 0 Å². The maximum Gasteiger partial charge on any atom is 0.0400 e. The lowest BCUT2D eigenvalue weighted by Gasteiger charge is -2.40. The second-order valence-electron chi connectivity index (χ2n) is 3.53. The lowest BCUT2D eigenvalue weighted by atomic mass is 10.1. The summed E-state index contributed by atoms with van der Waals surface area (Å²) in [5.74, 6) is 0. The van der Waals surface area contributed by atoms with Crippen LogP contribution >= 0.6 is 0 Å². The van der Waals surface area contributed by atoms with E-state index in [1.165, 1.54) is 0 Å². The molecule has 11 heavy (non-hydrogen) atoms. The molecule has 2 atom stereocenters. The Morgan fingerprint density at radius 3 is 2.45 bits per heavy atom. The third kappa shape index (κ3) is 1.82. The van der Waals surface area contributed by atoms with Gasteiger partial charge in [-0.05, 0) is 21.0 Å². The van der Waals surface area contributed by atoms with Crippen molar-refractivity contribution in [1.82, 2.24) is 9.80 Å². The molecule has 1 heterocycles. The predicted octanol–water partition coefficient (Wildman–Crippen LogP) is 0.807. The molecule has 1 aliphatic heterocycles. The fourth-order valence-corrected chi connectivity index (χ4v) is 1.56. The average Bonchev–Trinajstić information content (AvgIpc) is 1.97. The standard InChI is InChI=1S/C9H18N2/c1-5-9-7-10(3)8(2)6-11(9)4/h5,8-9H,1,6-7H2,2-4H3/t8-,9-/m0/s1. The van der Waals surface area contributed by atoms with E-state index in [2.05, 4.69) is 37.4 Å². The van der Waals surface area contributed by atoms with Crippen molar-refractivity contribution in [2.75, 3.05) is 27.2 Å². The van der Waals surface area contributed by atoms with Gasteiger partial charge in [-0.1, -0.05) is 6.08 Å². The van der Waals surface area contributed by atoms with Crippen LogP contribution < -0.4 is 0 Å². The second kappa shape index (κ2) is 3.37. The maximum atomic E-state index is 3.83. The van der Waals surface area contributed by atoms with Crippen LogP contribution in [0.3, 0.4) is 0 Å². The van der Waals surface area contributed by atoms with E-state index in [0.29, 0.717) is 12.1 Å². The van der Waals surface area contributed by atoms with Gasteiger partial charge in [-0.15, -0.1) is 6.58 Å². The van der Waals surface area contributed by atoms with E-state index in [1.807, 2.05) is 6.08 Å². The third-order valence-electron chi connectivity index (χ3n) is 2.62. The molecule has 2 heteroatoms. The summed E-state index contributed by atoms with van der Waals surface area (Å²) < 4.78 is 0. The first-order valence-electron chi connectivity index (χ1n) is 4.18. The highest BCUT2D eigenvalue weighted by atomic mass is 15.3. The topological polar surface area (TPSA) is 6.48 Å². The van der Waals surface area contributed by atoms with E-state index in [4.69, 9.17) is 0 Å². The molecule has 0 aromatic rings. The molecule has 0 unspecified atom stereocenters. The van der Waals surface area contributed by atoms with Crippen molar-refractivity contribution < 1.29 is 0 Å². The number of likely N-dealkylation sites (N-methyl/N-ethyl adjacent to an activating group) is 2. The fourth-order valence-electron chi connectivity index (χ4n) is 1.56. The van der Waals surface area contributed by atoms with Crippen LogP contribution in [-0.2, 0) is 0 Å². The molecule has 0 N–H and O–H groups in total. The molecular weight excluding hydrogens is 136 g/mol.